The Hall–Kier alpha value is -1.64. The predicted octanol–water partition coefficient (Wildman–Crippen LogP) is 4.41. The van der Waals surface area contributed by atoms with E-state index in [1.807, 2.05) is 0 Å². The summed E-state index contributed by atoms with van der Waals surface area (Å²) in [6.07, 6.45) is 3.39. The summed E-state index contributed by atoms with van der Waals surface area (Å²) in [7, 11) is 2.21. The van der Waals surface area contributed by atoms with Crippen LogP contribution in [0.25, 0.3) is 0 Å². The third-order valence-electron chi connectivity index (χ3n) is 6.22. The zero-order chi connectivity index (χ0) is 22.4. The fourth-order valence-electron chi connectivity index (χ4n) is 4.28. The molecule has 5 nitrogen and oxygen atoms in total. The molecular weight excluding hydrogens is 521 g/mol. The van der Waals surface area contributed by atoms with Gasteiger partial charge in [-0.2, -0.15) is 0 Å². The first kappa shape index (κ1) is 27.6. The minimum absolute atomic E-state index is 0. The Labute approximate surface area is 218 Å². The normalized spacial score (nSPS) is 15.3. The van der Waals surface area contributed by atoms with E-state index < -0.39 is 0 Å². The molecule has 0 spiro atoms. The van der Waals surface area contributed by atoms with Gasteiger partial charge in [-0.15, -0.1) is 24.0 Å². The van der Waals surface area contributed by atoms with Crippen LogP contribution in [-0.4, -0.2) is 75.2 Å². The van der Waals surface area contributed by atoms with Gasteiger partial charge in [-0.1, -0.05) is 60.7 Å². The number of rotatable bonds is 11. The highest BCUT2D eigenvalue weighted by molar-refractivity contribution is 14.0. The number of halogens is 1. The highest BCUT2D eigenvalue weighted by Gasteiger charge is 2.14. The van der Waals surface area contributed by atoms with Crippen LogP contribution in [0.1, 0.15) is 43.2 Å². The van der Waals surface area contributed by atoms with Gasteiger partial charge >= 0.3 is 0 Å². The Balaban J connectivity index is 0.00000385. The number of benzene rings is 2. The predicted molar refractivity (Wildman–Crippen MR) is 152 cm³/mol. The Kier molecular flexibility index (Phi) is 13.4. The molecule has 1 heterocycles. The summed E-state index contributed by atoms with van der Waals surface area (Å²) in [4.78, 5) is 9.81. The number of hydrogen-bond donors (Lipinski definition) is 2. The molecule has 2 aromatic carbocycles. The highest BCUT2D eigenvalue weighted by Crippen LogP contribution is 2.27. The van der Waals surface area contributed by atoms with Gasteiger partial charge in [-0.3, -0.25) is 4.99 Å². The lowest BCUT2D eigenvalue weighted by atomic mass is 9.88. The van der Waals surface area contributed by atoms with E-state index >= 15 is 0 Å². The van der Waals surface area contributed by atoms with Gasteiger partial charge in [-0.25, -0.2) is 0 Å². The van der Waals surface area contributed by atoms with Crippen molar-refractivity contribution in [3.63, 3.8) is 0 Å². The first-order valence-corrected chi connectivity index (χ1v) is 12.3. The number of hydrogen-bond acceptors (Lipinski definition) is 3. The molecule has 2 aromatic rings. The molecule has 1 saturated heterocycles. The van der Waals surface area contributed by atoms with Crippen LogP contribution in [0.2, 0.25) is 0 Å². The van der Waals surface area contributed by atoms with Crippen molar-refractivity contribution >= 4 is 29.9 Å². The number of likely N-dealkylation sites (N-methyl/N-ethyl adjacent to an activating group) is 1. The van der Waals surface area contributed by atoms with Gasteiger partial charge in [0.2, 0.25) is 0 Å². The van der Waals surface area contributed by atoms with Crippen molar-refractivity contribution < 1.29 is 0 Å². The molecule has 0 saturated carbocycles. The number of piperazine rings is 1. The zero-order valence-corrected chi connectivity index (χ0v) is 22.7. The van der Waals surface area contributed by atoms with Crippen LogP contribution < -0.4 is 10.6 Å². The second kappa shape index (κ2) is 16.1. The molecule has 0 radical (unpaired) electrons. The summed E-state index contributed by atoms with van der Waals surface area (Å²) in [6, 6.07) is 21.6. The van der Waals surface area contributed by atoms with E-state index in [1.165, 1.54) is 50.3 Å². The first-order chi connectivity index (χ1) is 15.8. The number of nitrogens with one attached hydrogen (secondary N) is 2. The van der Waals surface area contributed by atoms with Crippen LogP contribution in [0.4, 0.5) is 0 Å². The Morgan fingerprint density at radius 1 is 0.879 bits per heavy atom. The van der Waals surface area contributed by atoms with Gasteiger partial charge < -0.3 is 20.4 Å². The molecule has 0 aromatic heterocycles. The quantitative estimate of drug-likeness (QED) is 0.184. The maximum atomic E-state index is 4.82. The molecule has 1 aliphatic rings. The Morgan fingerprint density at radius 2 is 1.48 bits per heavy atom. The van der Waals surface area contributed by atoms with Crippen molar-refractivity contribution in [3.8, 4) is 0 Å². The van der Waals surface area contributed by atoms with E-state index in [9.17, 15) is 0 Å². The van der Waals surface area contributed by atoms with Gasteiger partial charge in [0.05, 0.1) is 0 Å². The number of aliphatic imine (C=N–C) groups is 1. The molecule has 1 aliphatic heterocycles. The minimum Gasteiger partial charge on any atom is -0.357 e. The summed E-state index contributed by atoms with van der Waals surface area (Å²) in [6.45, 7) is 10.8. The van der Waals surface area contributed by atoms with Crippen molar-refractivity contribution in [2.24, 2.45) is 4.99 Å². The maximum absolute atomic E-state index is 4.82. The molecule has 0 amide bonds. The zero-order valence-electron chi connectivity index (χ0n) is 20.4. The molecule has 0 atom stereocenters. The number of guanidine groups is 1. The minimum atomic E-state index is 0. The largest absolute Gasteiger partial charge is 0.357 e. The average molecular weight is 564 g/mol. The van der Waals surface area contributed by atoms with Crippen molar-refractivity contribution in [2.75, 3.05) is 59.4 Å². The molecular formula is C27H42IN5. The van der Waals surface area contributed by atoms with E-state index in [0.29, 0.717) is 5.92 Å². The van der Waals surface area contributed by atoms with Crippen LogP contribution >= 0.6 is 24.0 Å². The monoisotopic (exact) mass is 563 g/mol. The third kappa shape index (κ3) is 10.0. The topological polar surface area (TPSA) is 42.9 Å². The van der Waals surface area contributed by atoms with E-state index in [1.54, 1.807) is 0 Å². The van der Waals surface area contributed by atoms with Crippen LogP contribution in [0.3, 0.4) is 0 Å². The molecule has 6 heteroatoms. The van der Waals surface area contributed by atoms with E-state index in [-0.39, 0.29) is 24.0 Å². The fraction of sp³-hybridized carbons (Fsp3) is 0.519. The van der Waals surface area contributed by atoms with E-state index in [4.69, 9.17) is 4.99 Å². The summed E-state index contributed by atoms with van der Waals surface area (Å²) < 4.78 is 0. The lowest BCUT2D eigenvalue weighted by Crippen LogP contribution is -2.44. The van der Waals surface area contributed by atoms with Crippen LogP contribution in [0, 0.1) is 0 Å². The second-order valence-corrected chi connectivity index (χ2v) is 8.70. The summed E-state index contributed by atoms with van der Waals surface area (Å²) >= 11 is 0. The fourth-order valence-corrected chi connectivity index (χ4v) is 4.28. The van der Waals surface area contributed by atoms with Crippen LogP contribution in [0.5, 0.6) is 0 Å². The van der Waals surface area contributed by atoms with Crippen LogP contribution in [0.15, 0.2) is 65.7 Å². The first-order valence-electron chi connectivity index (χ1n) is 12.3. The number of unbranched alkanes of at least 4 members (excludes halogenated alkanes) is 1. The standard InChI is InChI=1S/C27H41N5.HI/c1-3-28-27(29-17-10-11-19-32-22-20-31(2)21-23-32)30-18-16-26(24-12-6-4-7-13-24)25-14-8-5-9-15-25;/h4-9,12-15,26H,3,10-11,16-23H2,1-2H3,(H2,28,29,30);1H. The van der Waals surface area contributed by atoms with E-state index in [0.717, 1.165) is 38.4 Å². The van der Waals surface area contributed by atoms with Crippen molar-refractivity contribution in [1.82, 2.24) is 20.4 Å². The molecule has 0 bridgehead atoms. The van der Waals surface area contributed by atoms with Crippen molar-refractivity contribution in [2.45, 2.75) is 32.1 Å². The van der Waals surface area contributed by atoms with E-state index in [2.05, 4.69) is 95.1 Å². The van der Waals surface area contributed by atoms with Gasteiger partial charge in [-0.05, 0) is 50.9 Å². The smallest absolute Gasteiger partial charge is 0.191 e. The van der Waals surface area contributed by atoms with Gasteiger partial charge in [0.1, 0.15) is 0 Å². The van der Waals surface area contributed by atoms with Gasteiger partial charge in [0.25, 0.3) is 0 Å². The molecule has 33 heavy (non-hydrogen) atoms. The molecule has 182 valence electrons. The summed E-state index contributed by atoms with van der Waals surface area (Å²) in [5.41, 5.74) is 2.73. The van der Waals surface area contributed by atoms with Crippen molar-refractivity contribution in [1.29, 1.82) is 0 Å². The van der Waals surface area contributed by atoms with Crippen LogP contribution in [-0.2, 0) is 0 Å². The lowest BCUT2D eigenvalue weighted by molar-refractivity contribution is 0.152. The molecule has 0 unspecified atom stereocenters. The Morgan fingerprint density at radius 3 is 2.06 bits per heavy atom. The average Bonchev–Trinajstić information content (AvgIpc) is 2.84. The van der Waals surface area contributed by atoms with Crippen molar-refractivity contribution in [3.05, 3.63) is 71.8 Å². The second-order valence-electron chi connectivity index (χ2n) is 8.70. The molecule has 1 fully saturated rings. The molecule has 0 aliphatic carbocycles. The van der Waals surface area contributed by atoms with Gasteiger partial charge in [0, 0.05) is 51.7 Å². The highest BCUT2D eigenvalue weighted by atomic mass is 127. The van der Waals surface area contributed by atoms with Gasteiger partial charge in [0.15, 0.2) is 5.96 Å². The maximum Gasteiger partial charge on any atom is 0.191 e. The lowest BCUT2D eigenvalue weighted by Gasteiger charge is -2.32. The SMILES string of the molecule is CCNC(=NCCCCN1CCN(C)CC1)NCCC(c1ccccc1)c1ccccc1.I. The Bertz CT molecular complexity index is 736. The molecule has 3 rings (SSSR count). The number of nitrogens with zero attached hydrogens (tertiary/aromatic N) is 3. The summed E-state index contributed by atoms with van der Waals surface area (Å²) in [5, 5.41) is 6.96. The summed E-state index contributed by atoms with van der Waals surface area (Å²) in [5.74, 6) is 1.32. The molecule has 2 N–H and O–H groups in total. The third-order valence-corrected chi connectivity index (χ3v) is 6.22.